The molecule has 0 spiro atoms. The Morgan fingerprint density at radius 3 is 2.58 bits per heavy atom. The second kappa shape index (κ2) is 8.10. The van der Waals surface area contributed by atoms with Crippen LogP contribution in [0.4, 0.5) is 5.82 Å². The number of carbonyl (C=O) groups excluding carboxylic acids is 2. The molecule has 0 aliphatic rings. The maximum Gasteiger partial charge on any atom is 0.339 e. The molecule has 126 valence electrons. The summed E-state index contributed by atoms with van der Waals surface area (Å²) in [5.41, 5.74) is 1.34. The van der Waals surface area contributed by atoms with Crippen molar-refractivity contribution < 1.29 is 14.3 Å². The molecule has 1 aromatic carbocycles. The van der Waals surface area contributed by atoms with Crippen LogP contribution in [0.2, 0.25) is 0 Å². The number of anilines is 1. The summed E-state index contributed by atoms with van der Waals surface area (Å²) < 4.78 is 5.22. The number of ether oxygens (including phenoxy) is 1. The first-order chi connectivity index (χ1) is 11.5. The molecule has 0 aliphatic carbocycles. The lowest BCUT2D eigenvalue weighted by Crippen LogP contribution is -2.35. The number of esters is 1. The van der Waals surface area contributed by atoms with Gasteiger partial charge in [-0.3, -0.25) is 4.79 Å². The Morgan fingerprint density at radius 2 is 1.92 bits per heavy atom. The topological polar surface area (TPSA) is 71.5 Å². The molecular formula is C18H21N3O3. The van der Waals surface area contributed by atoms with Crippen LogP contribution < -0.4 is 10.2 Å². The van der Waals surface area contributed by atoms with Crippen molar-refractivity contribution in [1.29, 1.82) is 0 Å². The van der Waals surface area contributed by atoms with Gasteiger partial charge >= 0.3 is 5.97 Å². The molecule has 24 heavy (non-hydrogen) atoms. The van der Waals surface area contributed by atoms with Gasteiger partial charge in [0.15, 0.2) is 6.10 Å². The van der Waals surface area contributed by atoms with Gasteiger partial charge in [-0.15, -0.1) is 0 Å². The highest BCUT2D eigenvalue weighted by atomic mass is 16.5. The van der Waals surface area contributed by atoms with E-state index in [2.05, 4.69) is 10.3 Å². The summed E-state index contributed by atoms with van der Waals surface area (Å²) in [6.45, 7) is 1.94. The van der Waals surface area contributed by atoms with Gasteiger partial charge in [0.05, 0.1) is 5.56 Å². The second-order valence-electron chi connectivity index (χ2n) is 5.55. The van der Waals surface area contributed by atoms with Crippen LogP contribution in [-0.2, 0) is 16.1 Å². The van der Waals surface area contributed by atoms with Crippen molar-refractivity contribution in [3.8, 4) is 0 Å². The van der Waals surface area contributed by atoms with Crippen LogP contribution in [-0.4, -0.2) is 37.1 Å². The van der Waals surface area contributed by atoms with E-state index in [9.17, 15) is 9.59 Å². The minimum absolute atomic E-state index is 0.339. The highest BCUT2D eigenvalue weighted by Gasteiger charge is 2.19. The maximum atomic E-state index is 12.2. The van der Waals surface area contributed by atoms with Crippen molar-refractivity contribution >= 4 is 17.7 Å². The van der Waals surface area contributed by atoms with Crippen LogP contribution in [0.1, 0.15) is 22.8 Å². The minimum atomic E-state index is -0.878. The number of hydrogen-bond donors (Lipinski definition) is 1. The number of benzene rings is 1. The number of rotatable bonds is 6. The first-order valence-corrected chi connectivity index (χ1v) is 7.63. The third-order valence-electron chi connectivity index (χ3n) is 3.40. The van der Waals surface area contributed by atoms with Gasteiger partial charge in [-0.05, 0) is 24.6 Å². The molecule has 0 fully saturated rings. The first-order valence-electron chi connectivity index (χ1n) is 7.63. The molecule has 0 saturated carbocycles. The van der Waals surface area contributed by atoms with E-state index in [1.54, 1.807) is 24.0 Å². The van der Waals surface area contributed by atoms with Gasteiger partial charge in [0.1, 0.15) is 5.82 Å². The number of pyridine rings is 1. The number of hydrogen-bond acceptors (Lipinski definition) is 5. The van der Waals surface area contributed by atoms with Crippen molar-refractivity contribution in [2.45, 2.75) is 19.6 Å². The van der Waals surface area contributed by atoms with E-state index >= 15 is 0 Å². The standard InChI is InChI=1S/C18H21N3O3/c1-13(17(22)20-12-14-7-5-4-6-8-14)24-18(23)15-9-10-19-16(11-15)21(2)3/h4-11,13H,12H2,1-3H3,(H,20,22)/t13-/m0/s1. The molecule has 2 rings (SSSR count). The van der Waals surface area contributed by atoms with Gasteiger partial charge < -0.3 is 15.0 Å². The van der Waals surface area contributed by atoms with Gasteiger partial charge in [-0.25, -0.2) is 9.78 Å². The number of nitrogens with zero attached hydrogens (tertiary/aromatic N) is 2. The van der Waals surface area contributed by atoms with Crippen molar-refractivity contribution in [3.63, 3.8) is 0 Å². The predicted molar refractivity (Wildman–Crippen MR) is 91.7 cm³/mol. The summed E-state index contributed by atoms with van der Waals surface area (Å²) in [5.74, 6) is -0.248. The Hall–Kier alpha value is -2.89. The Morgan fingerprint density at radius 1 is 1.21 bits per heavy atom. The molecule has 1 amide bonds. The molecule has 6 nitrogen and oxygen atoms in total. The minimum Gasteiger partial charge on any atom is -0.449 e. The van der Waals surface area contributed by atoms with Crippen LogP contribution in [0.3, 0.4) is 0 Å². The fraction of sp³-hybridized carbons (Fsp3) is 0.278. The fourth-order valence-corrected chi connectivity index (χ4v) is 2.00. The van der Waals surface area contributed by atoms with Crippen LogP contribution in [0.15, 0.2) is 48.7 Å². The van der Waals surface area contributed by atoms with Gasteiger partial charge in [0.25, 0.3) is 5.91 Å². The number of nitrogens with one attached hydrogen (secondary N) is 1. The SMILES string of the molecule is C[C@H](OC(=O)c1ccnc(N(C)C)c1)C(=O)NCc1ccccc1. The quantitative estimate of drug-likeness (QED) is 0.822. The summed E-state index contributed by atoms with van der Waals surface area (Å²) in [5, 5.41) is 2.75. The van der Waals surface area contributed by atoms with Crippen LogP contribution >= 0.6 is 0 Å². The van der Waals surface area contributed by atoms with Crippen molar-refractivity contribution in [2.75, 3.05) is 19.0 Å². The van der Waals surface area contributed by atoms with Gasteiger partial charge in [0, 0.05) is 26.8 Å². The third-order valence-corrected chi connectivity index (χ3v) is 3.40. The molecule has 1 aromatic heterocycles. The van der Waals surface area contributed by atoms with E-state index in [1.807, 2.05) is 44.4 Å². The normalized spacial score (nSPS) is 11.5. The lowest BCUT2D eigenvalue weighted by Gasteiger charge is -2.15. The lowest BCUT2D eigenvalue weighted by molar-refractivity contribution is -0.129. The Labute approximate surface area is 141 Å². The number of carbonyl (C=O) groups is 2. The molecule has 2 aromatic rings. The predicted octanol–water partition coefficient (Wildman–Crippen LogP) is 2.01. The van der Waals surface area contributed by atoms with Gasteiger partial charge in [-0.1, -0.05) is 30.3 Å². The lowest BCUT2D eigenvalue weighted by atomic mass is 10.2. The molecule has 0 saturated heterocycles. The van der Waals surface area contributed by atoms with Crippen LogP contribution in [0.25, 0.3) is 0 Å². The molecular weight excluding hydrogens is 306 g/mol. The van der Waals surface area contributed by atoms with Gasteiger partial charge in [-0.2, -0.15) is 0 Å². The number of amides is 1. The summed E-state index contributed by atoms with van der Waals surface area (Å²) in [6, 6.07) is 12.7. The summed E-state index contributed by atoms with van der Waals surface area (Å²) in [4.78, 5) is 30.1. The zero-order chi connectivity index (χ0) is 17.5. The average molecular weight is 327 g/mol. The molecule has 1 heterocycles. The molecule has 6 heteroatoms. The zero-order valence-electron chi connectivity index (χ0n) is 14.0. The van der Waals surface area contributed by atoms with Crippen molar-refractivity contribution in [3.05, 3.63) is 59.8 Å². The molecule has 1 atom stereocenters. The zero-order valence-corrected chi connectivity index (χ0v) is 14.0. The van der Waals surface area contributed by atoms with Gasteiger partial charge in [0.2, 0.25) is 0 Å². The first kappa shape index (κ1) is 17.5. The van der Waals surface area contributed by atoms with Crippen LogP contribution in [0.5, 0.6) is 0 Å². The Kier molecular flexibility index (Phi) is 5.89. The third kappa shape index (κ3) is 4.81. The molecule has 0 unspecified atom stereocenters. The van der Waals surface area contributed by atoms with Crippen molar-refractivity contribution in [2.24, 2.45) is 0 Å². The highest BCUT2D eigenvalue weighted by Crippen LogP contribution is 2.11. The van der Waals surface area contributed by atoms with Crippen molar-refractivity contribution in [1.82, 2.24) is 10.3 Å². The summed E-state index contributed by atoms with van der Waals surface area (Å²) in [6.07, 6.45) is 0.656. The summed E-state index contributed by atoms with van der Waals surface area (Å²) >= 11 is 0. The van der Waals surface area contributed by atoms with E-state index in [4.69, 9.17) is 4.74 Å². The van der Waals surface area contributed by atoms with E-state index in [0.717, 1.165) is 5.56 Å². The average Bonchev–Trinajstić information content (AvgIpc) is 2.60. The van der Waals surface area contributed by atoms with Crippen LogP contribution in [0, 0.1) is 0 Å². The molecule has 1 N–H and O–H groups in total. The monoisotopic (exact) mass is 327 g/mol. The molecule has 0 bridgehead atoms. The molecule has 0 aliphatic heterocycles. The number of aromatic nitrogens is 1. The second-order valence-corrected chi connectivity index (χ2v) is 5.55. The Bertz CT molecular complexity index is 702. The highest BCUT2D eigenvalue weighted by molar-refractivity contribution is 5.92. The van der Waals surface area contributed by atoms with E-state index < -0.39 is 12.1 Å². The summed E-state index contributed by atoms with van der Waals surface area (Å²) in [7, 11) is 3.66. The smallest absolute Gasteiger partial charge is 0.339 e. The Balaban J connectivity index is 1.91. The van der Waals surface area contributed by atoms with E-state index in [1.165, 1.54) is 6.20 Å². The maximum absolute atomic E-state index is 12.2. The largest absolute Gasteiger partial charge is 0.449 e. The molecule has 0 radical (unpaired) electrons. The van der Waals surface area contributed by atoms with E-state index in [-0.39, 0.29) is 5.91 Å². The van der Waals surface area contributed by atoms with E-state index in [0.29, 0.717) is 17.9 Å². The fourth-order valence-electron chi connectivity index (χ4n) is 2.00.